The molecule has 7 nitrogen and oxygen atoms in total. The topological polar surface area (TPSA) is 79.8 Å². The first kappa shape index (κ1) is 15.2. The van der Waals surface area contributed by atoms with Gasteiger partial charge in [0.15, 0.2) is 0 Å². The number of anilines is 2. The maximum atomic E-state index is 13.0. The third kappa shape index (κ3) is 3.05. The standard InChI is InChI=1S/C13H16FN3O4S/c14-22(19,20)11-7-13(18)17(9-11)10-1-2-12(15-8-10)16-3-5-21-6-4-16/h1-2,8,11H,3-7,9H2. The van der Waals surface area contributed by atoms with Crippen molar-refractivity contribution in [2.75, 3.05) is 42.6 Å². The Morgan fingerprint density at radius 3 is 2.55 bits per heavy atom. The Morgan fingerprint density at radius 2 is 2.00 bits per heavy atom. The van der Waals surface area contributed by atoms with E-state index in [-0.39, 0.29) is 13.0 Å². The first-order chi connectivity index (χ1) is 10.4. The summed E-state index contributed by atoms with van der Waals surface area (Å²) in [4.78, 5) is 19.5. The molecular weight excluding hydrogens is 313 g/mol. The Morgan fingerprint density at radius 1 is 1.27 bits per heavy atom. The summed E-state index contributed by atoms with van der Waals surface area (Å²) in [7, 11) is -4.71. The molecule has 1 aromatic rings. The number of pyridine rings is 1. The molecule has 3 rings (SSSR count). The van der Waals surface area contributed by atoms with Crippen molar-refractivity contribution < 1.29 is 21.8 Å². The second kappa shape index (κ2) is 5.81. The quantitative estimate of drug-likeness (QED) is 0.743. The van der Waals surface area contributed by atoms with Crippen LogP contribution in [0.5, 0.6) is 0 Å². The molecule has 0 aromatic carbocycles. The molecule has 22 heavy (non-hydrogen) atoms. The molecule has 9 heteroatoms. The fraction of sp³-hybridized carbons (Fsp3) is 0.538. The van der Waals surface area contributed by atoms with Gasteiger partial charge in [0.2, 0.25) is 5.91 Å². The van der Waals surface area contributed by atoms with Gasteiger partial charge in [-0.2, -0.15) is 8.42 Å². The van der Waals surface area contributed by atoms with Crippen molar-refractivity contribution in [1.82, 2.24) is 4.98 Å². The third-order valence-corrected chi connectivity index (χ3v) is 4.98. The Hall–Kier alpha value is -1.74. The minimum Gasteiger partial charge on any atom is -0.378 e. The minimum absolute atomic E-state index is 0.170. The number of aromatic nitrogens is 1. The third-order valence-electron chi connectivity index (χ3n) is 3.87. The van der Waals surface area contributed by atoms with Crippen LogP contribution in [0.15, 0.2) is 18.3 Å². The van der Waals surface area contributed by atoms with Crippen LogP contribution >= 0.6 is 0 Å². The zero-order valence-electron chi connectivity index (χ0n) is 11.8. The second-order valence-electron chi connectivity index (χ2n) is 5.28. The van der Waals surface area contributed by atoms with E-state index < -0.39 is 21.4 Å². The first-order valence-corrected chi connectivity index (χ1v) is 8.42. The molecule has 1 aromatic heterocycles. The molecule has 1 atom stereocenters. The molecular formula is C13H16FN3O4S. The number of hydrogen-bond acceptors (Lipinski definition) is 6. The highest BCUT2D eigenvalue weighted by Crippen LogP contribution is 2.26. The van der Waals surface area contributed by atoms with Crippen molar-refractivity contribution in [1.29, 1.82) is 0 Å². The van der Waals surface area contributed by atoms with Crippen LogP contribution in [0.25, 0.3) is 0 Å². The van der Waals surface area contributed by atoms with Gasteiger partial charge in [0, 0.05) is 26.1 Å². The van der Waals surface area contributed by atoms with Crippen LogP contribution in [-0.2, 0) is 19.8 Å². The van der Waals surface area contributed by atoms with Crippen LogP contribution < -0.4 is 9.80 Å². The lowest BCUT2D eigenvalue weighted by molar-refractivity contribution is -0.117. The second-order valence-corrected chi connectivity index (χ2v) is 6.90. The van der Waals surface area contributed by atoms with E-state index >= 15 is 0 Å². The summed E-state index contributed by atoms with van der Waals surface area (Å²) < 4.78 is 40.2. The molecule has 1 unspecified atom stereocenters. The van der Waals surface area contributed by atoms with Gasteiger partial charge < -0.3 is 14.5 Å². The lowest BCUT2D eigenvalue weighted by Gasteiger charge is -2.28. The number of rotatable bonds is 3. The summed E-state index contributed by atoms with van der Waals surface area (Å²) in [6.45, 7) is 2.61. The van der Waals surface area contributed by atoms with Crippen LogP contribution in [0.3, 0.4) is 0 Å². The highest BCUT2D eigenvalue weighted by molar-refractivity contribution is 7.87. The Kier molecular flexibility index (Phi) is 4.00. The SMILES string of the molecule is O=C1CC(S(=O)(=O)F)CN1c1ccc(N2CCOCC2)nc1. The first-order valence-electron chi connectivity index (χ1n) is 6.98. The van der Waals surface area contributed by atoms with E-state index in [1.807, 2.05) is 0 Å². The lowest BCUT2D eigenvalue weighted by Crippen LogP contribution is -2.36. The zero-order chi connectivity index (χ0) is 15.7. The number of ether oxygens (including phenoxy) is 1. The predicted molar refractivity (Wildman–Crippen MR) is 78.1 cm³/mol. The van der Waals surface area contributed by atoms with Crippen LogP contribution in [-0.4, -0.2) is 57.4 Å². The molecule has 2 saturated heterocycles. The molecule has 0 bridgehead atoms. The molecule has 0 N–H and O–H groups in total. The number of carbonyl (C=O) groups excluding carboxylic acids is 1. The normalized spacial score (nSPS) is 23.1. The number of morpholine rings is 1. The summed E-state index contributed by atoms with van der Waals surface area (Å²) >= 11 is 0. The summed E-state index contributed by atoms with van der Waals surface area (Å²) in [6, 6.07) is 3.47. The molecule has 120 valence electrons. The van der Waals surface area contributed by atoms with Crippen molar-refractivity contribution in [2.45, 2.75) is 11.7 Å². The van der Waals surface area contributed by atoms with Crippen LogP contribution in [0.1, 0.15) is 6.42 Å². The van der Waals surface area contributed by atoms with E-state index in [1.54, 1.807) is 12.1 Å². The smallest absolute Gasteiger partial charge is 0.307 e. The number of carbonyl (C=O) groups is 1. The molecule has 2 aliphatic heterocycles. The van der Waals surface area contributed by atoms with Gasteiger partial charge >= 0.3 is 10.2 Å². The summed E-state index contributed by atoms with van der Waals surface area (Å²) in [5.41, 5.74) is 0.480. The van der Waals surface area contributed by atoms with E-state index in [4.69, 9.17) is 4.74 Å². The van der Waals surface area contributed by atoms with Crippen molar-refractivity contribution in [2.24, 2.45) is 0 Å². The van der Waals surface area contributed by atoms with Gasteiger partial charge in [-0.3, -0.25) is 4.79 Å². The summed E-state index contributed by atoms with van der Waals surface area (Å²) in [6.07, 6.45) is 1.18. The predicted octanol–water partition coefficient (Wildman–Crippen LogP) is 0.323. The van der Waals surface area contributed by atoms with Crippen molar-refractivity contribution >= 4 is 27.6 Å². The van der Waals surface area contributed by atoms with Gasteiger partial charge in [0.1, 0.15) is 11.1 Å². The highest BCUT2D eigenvalue weighted by atomic mass is 32.3. The van der Waals surface area contributed by atoms with Crippen LogP contribution in [0.4, 0.5) is 15.4 Å². The maximum absolute atomic E-state index is 13.0. The van der Waals surface area contributed by atoms with Gasteiger partial charge in [-0.25, -0.2) is 4.98 Å². The maximum Gasteiger partial charge on any atom is 0.307 e. The minimum atomic E-state index is -4.71. The average Bonchev–Trinajstić information content (AvgIpc) is 2.90. The fourth-order valence-corrected chi connectivity index (χ4v) is 3.30. The van der Waals surface area contributed by atoms with Gasteiger partial charge in [-0.05, 0) is 12.1 Å². The number of halogens is 1. The molecule has 0 aliphatic carbocycles. The van der Waals surface area contributed by atoms with E-state index in [0.29, 0.717) is 18.9 Å². The molecule has 0 radical (unpaired) electrons. The largest absolute Gasteiger partial charge is 0.378 e. The van der Waals surface area contributed by atoms with Crippen LogP contribution in [0.2, 0.25) is 0 Å². The number of nitrogens with zero attached hydrogens (tertiary/aromatic N) is 3. The van der Waals surface area contributed by atoms with Gasteiger partial charge in [-0.15, -0.1) is 3.89 Å². The molecule has 1 amide bonds. The molecule has 2 fully saturated rings. The van der Waals surface area contributed by atoms with Crippen LogP contribution in [0, 0.1) is 0 Å². The van der Waals surface area contributed by atoms with Crippen molar-refractivity contribution in [3.63, 3.8) is 0 Å². The summed E-state index contributed by atoms with van der Waals surface area (Å²) in [5.74, 6) is 0.362. The monoisotopic (exact) mass is 329 g/mol. The molecule has 2 aliphatic rings. The average molecular weight is 329 g/mol. The van der Waals surface area contributed by atoms with Gasteiger partial charge in [0.05, 0.1) is 25.1 Å². The number of amides is 1. The van der Waals surface area contributed by atoms with E-state index in [9.17, 15) is 17.1 Å². The Bertz CT molecular complexity index is 658. The van der Waals surface area contributed by atoms with Crippen molar-refractivity contribution in [3.8, 4) is 0 Å². The molecule has 0 spiro atoms. The van der Waals surface area contributed by atoms with Gasteiger partial charge in [0.25, 0.3) is 0 Å². The summed E-state index contributed by atoms with van der Waals surface area (Å²) in [5, 5.41) is -1.29. The zero-order valence-corrected chi connectivity index (χ0v) is 12.6. The van der Waals surface area contributed by atoms with E-state index in [1.165, 1.54) is 11.1 Å². The lowest BCUT2D eigenvalue weighted by atomic mass is 10.3. The Labute approximate surface area is 127 Å². The molecule has 0 saturated carbocycles. The van der Waals surface area contributed by atoms with Crippen molar-refractivity contribution in [3.05, 3.63) is 18.3 Å². The Balaban J connectivity index is 1.74. The highest BCUT2D eigenvalue weighted by Gasteiger charge is 2.39. The van der Waals surface area contributed by atoms with Gasteiger partial charge in [-0.1, -0.05) is 0 Å². The number of hydrogen-bond donors (Lipinski definition) is 0. The molecule has 3 heterocycles. The fourth-order valence-electron chi connectivity index (χ4n) is 2.63. The van der Waals surface area contributed by atoms with E-state index in [0.717, 1.165) is 18.9 Å². The van der Waals surface area contributed by atoms with E-state index in [2.05, 4.69) is 9.88 Å².